The minimum absolute atomic E-state index is 0.0799. The average Bonchev–Trinajstić information content (AvgIpc) is 3.30. The lowest BCUT2D eigenvalue weighted by molar-refractivity contribution is -0.00934. The third-order valence-corrected chi connectivity index (χ3v) is 7.14. The van der Waals surface area contributed by atoms with Crippen LogP contribution in [0.4, 0.5) is 0 Å². The summed E-state index contributed by atoms with van der Waals surface area (Å²) in [5, 5.41) is 0. The fourth-order valence-electron chi connectivity index (χ4n) is 5.16. The third kappa shape index (κ3) is 3.23. The number of methoxy groups -OCH3 is 1. The van der Waals surface area contributed by atoms with Crippen LogP contribution in [0.25, 0.3) is 5.69 Å². The fourth-order valence-corrected chi connectivity index (χ4v) is 5.16. The minimum atomic E-state index is -0.392. The van der Waals surface area contributed by atoms with E-state index in [2.05, 4.69) is 29.0 Å². The number of piperidine rings is 1. The number of likely N-dealkylation sites (tertiary alicyclic amines) is 1. The Bertz CT molecular complexity index is 1170. The van der Waals surface area contributed by atoms with E-state index in [-0.39, 0.29) is 11.5 Å². The lowest BCUT2D eigenvalue weighted by Crippen LogP contribution is -2.50. The highest BCUT2D eigenvalue weighted by molar-refractivity contribution is 5.94. The van der Waals surface area contributed by atoms with Gasteiger partial charge < -0.3 is 18.9 Å². The van der Waals surface area contributed by atoms with E-state index in [1.165, 1.54) is 5.69 Å². The molecule has 0 radical (unpaired) electrons. The fraction of sp³-hybridized carbons (Fsp3) is 0.370. The highest BCUT2D eigenvalue weighted by atomic mass is 16.5. The molecule has 0 unspecified atom stereocenters. The predicted molar refractivity (Wildman–Crippen MR) is 124 cm³/mol. The summed E-state index contributed by atoms with van der Waals surface area (Å²) in [6, 6.07) is 18.3. The van der Waals surface area contributed by atoms with Gasteiger partial charge in [0.1, 0.15) is 5.75 Å². The van der Waals surface area contributed by atoms with Gasteiger partial charge in [0, 0.05) is 44.8 Å². The van der Waals surface area contributed by atoms with Gasteiger partial charge in [-0.15, -0.1) is 0 Å². The largest absolute Gasteiger partial charge is 0.479 e. The van der Waals surface area contributed by atoms with E-state index in [0.717, 1.165) is 41.0 Å². The molecular formula is C27H30N2O3. The van der Waals surface area contributed by atoms with E-state index in [1.807, 2.05) is 62.1 Å². The number of carbonyl (C=O) groups excluding carboxylic acids is 1. The molecular weight excluding hydrogens is 400 g/mol. The van der Waals surface area contributed by atoms with Gasteiger partial charge in [-0.2, -0.15) is 0 Å². The van der Waals surface area contributed by atoms with Crippen molar-refractivity contribution in [2.75, 3.05) is 20.2 Å². The summed E-state index contributed by atoms with van der Waals surface area (Å²) in [6.07, 6.45) is 3.64. The molecule has 5 heteroatoms. The molecule has 1 fully saturated rings. The number of rotatable bonds is 3. The molecule has 0 atom stereocenters. The van der Waals surface area contributed by atoms with Crippen LogP contribution in [0, 0.1) is 6.92 Å². The molecule has 2 aliphatic rings. The average molecular weight is 431 g/mol. The van der Waals surface area contributed by atoms with Crippen molar-refractivity contribution in [1.82, 2.24) is 9.47 Å². The number of ether oxygens (including phenoxy) is 2. The maximum Gasteiger partial charge on any atom is 0.253 e. The van der Waals surface area contributed by atoms with E-state index in [9.17, 15) is 4.79 Å². The highest BCUT2D eigenvalue weighted by Crippen LogP contribution is 2.45. The Morgan fingerprint density at radius 3 is 2.53 bits per heavy atom. The molecule has 2 aromatic carbocycles. The van der Waals surface area contributed by atoms with Gasteiger partial charge in [0.15, 0.2) is 5.60 Å². The minimum Gasteiger partial charge on any atom is -0.479 e. The Kier molecular flexibility index (Phi) is 4.90. The van der Waals surface area contributed by atoms with E-state index in [4.69, 9.17) is 9.47 Å². The zero-order valence-electron chi connectivity index (χ0n) is 19.2. The Hall–Kier alpha value is -3.05. The second kappa shape index (κ2) is 7.52. The molecule has 0 aliphatic carbocycles. The summed E-state index contributed by atoms with van der Waals surface area (Å²) in [5.74, 6) is 0.985. The number of aryl methyl sites for hydroxylation is 1. The summed E-state index contributed by atoms with van der Waals surface area (Å²) < 4.78 is 14.4. The molecule has 3 heterocycles. The van der Waals surface area contributed by atoms with Crippen LogP contribution in [0.2, 0.25) is 0 Å². The van der Waals surface area contributed by atoms with Gasteiger partial charge in [-0.3, -0.25) is 4.79 Å². The van der Waals surface area contributed by atoms with Crippen molar-refractivity contribution in [3.63, 3.8) is 0 Å². The summed E-state index contributed by atoms with van der Waals surface area (Å²) in [4.78, 5) is 15.3. The van der Waals surface area contributed by atoms with E-state index in [0.29, 0.717) is 13.1 Å². The Morgan fingerprint density at radius 2 is 1.81 bits per heavy atom. The molecule has 1 aromatic heterocycles. The maximum atomic E-state index is 13.3. The maximum absolute atomic E-state index is 13.3. The van der Waals surface area contributed by atoms with Crippen molar-refractivity contribution in [2.45, 2.75) is 44.8 Å². The zero-order valence-corrected chi connectivity index (χ0v) is 19.2. The highest BCUT2D eigenvalue weighted by Gasteiger charge is 2.44. The van der Waals surface area contributed by atoms with Gasteiger partial charge in [-0.25, -0.2) is 0 Å². The zero-order chi connectivity index (χ0) is 22.5. The summed E-state index contributed by atoms with van der Waals surface area (Å²) in [5.41, 5.74) is 4.37. The Balaban J connectivity index is 1.36. The van der Waals surface area contributed by atoms with Gasteiger partial charge in [-0.1, -0.05) is 18.2 Å². The predicted octanol–water partition coefficient (Wildman–Crippen LogP) is 5.19. The number of benzene rings is 2. The van der Waals surface area contributed by atoms with Crippen molar-refractivity contribution in [3.8, 4) is 11.4 Å². The van der Waals surface area contributed by atoms with Crippen molar-refractivity contribution in [3.05, 3.63) is 83.2 Å². The first kappa shape index (κ1) is 20.8. The Morgan fingerprint density at radius 1 is 1.06 bits per heavy atom. The van der Waals surface area contributed by atoms with Gasteiger partial charge >= 0.3 is 0 Å². The SMILES string of the molecule is COC(C)(C)c1ccc(C(=O)N2CCC3(CC2)Oc2ccccc2-n2cccc23)cc1C. The molecule has 1 amide bonds. The molecule has 5 nitrogen and oxygen atoms in total. The molecule has 0 bridgehead atoms. The molecule has 1 spiro atoms. The van der Waals surface area contributed by atoms with E-state index < -0.39 is 5.60 Å². The Labute approximate surface area is 189 Å². The number of nitrogens with zero attached hydrogens (tertiary/aromatic N) is 2. The second-order valence-corrected chi connectivity index (χ2v) is 9.36. The number of fused-ring (bicyclic) bond motifs is 4. The first-order chi connectivity index (χ1) is 15.3. The van der Waals surface area contributed by atoms with Crippen LogP contribution >= 0.6 is 0 Å². The molecule has 0 saturated carbocycles. The van der Waals surface area contributed by atoms with Crippen molar-refractivity contribution >= 4 is 5.91 Å². The summed E-state index contributed by atoms with van der Waals surface area (Å²) in [6.45, 7) is 7.45. The lowest BCUT2D eigenvalue weighted by Gasteiger charge is -2.45. The number of para-hydroxylation sites is 2. The van der Waals surface area contributed by atoms with Gasteiger partial charge in [0.05, 0.1) is 17.0 Å². The number of hydrogen-bond acceptors (Lipinski definition) is 3. The quantitative estimate of drug-likeness (QED) is 0.574. The van der Waals surface area contributed by atoms with Crippen LogP contribution < -0.4 is 4.74 Å². The smallest absolute Gasteiger partial charge is 0.253 e. The lowest BCUT2D eigenvalue weighted by atomic mass is 9.86. The molecule has 3 aromatic rings. The van der Waals surface area contributed by atoms with Crippen LogP contribution in [0.15, 0.2) is 60.8 Å². The van der Waals surface area contributed by atoms with E-state index in [1.54, 1.807) is 7.11 Å². The molecule has 1 saturated heterocycles. The number of aromatic nitrogens is 1. The normalized spacial score (nSPS) is 16.9. The standard InChI is InChI=1S/C27H30N2O3/c1-19-18-20(11-12-21(19)26(2,3)31-4)25(30)28-16-13-27(14-17-28)24-10-7-15-29(24)22-8-5-6-9-23(22)32-27/h5-12,15,18H,13-14,16-17H2,1-4H3. The third-order valence-electron chi connectivity index (χ3n) is 7.14. The van der Waals surface area contributed by atoms with Crippen LogP contribution in [0.3, 0.4) is 0 Å². The van der Waals surface area contributed by atoms with Crippen molar-refractivity contribution in [2.24, 2.45) is 0 Å². The van der Waals surface area contributed by atoms with Crippen molar-refractivity contribution < 1.29 is 14.3 Å². The first-order valence-corrected chi connectivity index (χ1v) is 11.3. The number of amides is 1. The summed E-state index contributed by atoms with van der Waals surface area (Å²) in [7, 11) is 1.71. The monoisotopic (exact) mass is 430 g/mol. The molecule has 166 valence electrons. The first-order valence-electron chi connectivity index (χ1n) is 11.3. The van der Waals surface area contributed by atoms with Crippen LogP contribution in [0.1, 0.15) is 53.9 Å². The van der Waals surface area contributed by atoms with Gasteiger partial charge in [0.25, 0.3) is 5.91 Å². The summed E-state index contributed by atoms with van der Waals surface area (Å²) >= 11 is 0. The molecule has 5 rings (SSSR count). The number of carbonyl (C=O) groups is 1. The molecule has 2 aliphatic heterocycles. The second-order valence-electron chi connectivity index (χ2n) is 9.36. The van der Waals surface area contributed by atoms with Gasteiger partial charge in [0.2, 0.25) is 0 Å². The van der Waals surface area contributed by atoms with Crippen LogP contribution in [0.5, 0.6) is 5.75 Å². The van der Waals surface area contributed by atoms with Crippen molar-refractivity contribution in [1.29, 1.82) is 0 Å². The number of hydrogen-bond donors (Lipinski definition) is 0. The molecule has 0 N–H and O–H groups in total. The van der Waals surface area contributed by atoms with E-state index >= 15 is 0 Å². The van der Waals surface area contributed by atoms with Crippen LogP contribution in [-0.4, -0.2) is 35.6 Å². The molecule has 32 heavy (non-hydrogen) atoms. The van der Waals surface area contributed by atoms with Gasteiger partial charge in [-0.05, 0) is 68.3 Å². The topological polar surface area (TPSA) is 43.7 Å². The van der Waals surface area contributed by atoms with Crippen LogP contribution in [-0.2, 0) is 15.9 Å².